The molecule has 0 radical (unpaired) electrons. The molecule has 0 saturated carbocycles. The van der Waals surface area contributed by atoms with Gasteiger partial charge in [-0.2, -0.15) is 5.26 Å². The van der Waals surface area contributed by atoms with Gasteiger partial charge in [-0.15, -0.1) is 0 Å². The van der Waals surface area contributed by atoms with E-state index in [2.05, 4.69) is 27.4 Å². The van der Waals surface area contributed by atoms with Crippen LogP contribution in [-0.2, 0) is 17.8 Å². The number of nitrogens with one attached hydrogen (secondary N) is 1. The van der Waals surface area contributed by atoms with E-state index in [0.717, 1.165) is 47.5 Å². The molecule has 1 aliphatic rings. The first-order valence-corrected chi connectivity index (χ1v) is 9.53. The number of hydrogen-bond acceptors (Lipinski definition) is 5. The summed E-state index contributed by atoms with van der Waals surface area (Å²) in [4.78, 5) is 8.87. The number of ether oxygens (including phenoxy) is 1. The lowest BCUT2D eigenvalue weighted by atomic mass is 9.94. The maximum absolute atomic E-state index is 9.64. The number of nitriles is 1. The Labute approximate surface area is 165 Å². The molecule has 1 unspecified atom stereocenters. The molecule has 0 aliphatic carbocycles. The number of fused-ring (bicyclic) bond motifs is 1. The molecule has 3 heterocycles. The number of rotatable bonds is 5. The van der Waals surface area contributed by atoms with Crippen molar-refractivity contribution in [3.8, 4) is 17.2 Å². The molecular formula is C23H22N4O. The predicted octanol–water partition coefficient (Wildman–Crippen LogP) is 4.65. The highest BCUT2D eigenvalue weighted by Crippen LogP contribution is 2.34. The second-order valence-electron chi connectivity index (χ2n) is 6.96. The number of aryl methyl sites for hydroxylation is 1. The van der Waals surface area contributed by atoms with Gasteiger partial charge in [-0.3, -0.25) is 4.98 Å². The van der Waals surface area contributed by atoms with Gasteiger partial charge in [0.1, 0.15) is 11.9 Å². The van der Waals surface area contributed by atoms with Crippen LogP contribution < -0.4 is 5.32 Å². The number of pyridine rings is 2. The smallest absolute Gasteiger partial charge is 0.129 e. The fourth-order valence-corrected chi connectivity index (χ4v) is 3.60. The third-order valence-electron chi connectivity index (χ3n) is 5.05. The fourth-order valence-electron chi connectivity index (χ4n) is 3.60. The summed E-state index contributed by atoms with van der Waals surface area (Å²) in [5, 5.41) is 13.0. The van der Waals surface area contributed by atoms with Gasteiger partial charge in [-0.1, -0.05) is 30.3 Å². The third kappa shape index (κ3) is 3.73. The van der Waals surface area contributed by atoms with Crippen molar-refractivity contribution in [2.24, 2.45) is 0 Å². The molecule has 1 N–H and O–H groups in total. The van der Waals surface area contributed by atoms with Crippen LogP contribution in [0.1, 0.15) is 41.7 Å². The molecule has 140 valence electrons. The molecule has 28 heavy (non-hydrogen) atoms. The molecule has 5 nitrogen and oxygen atoms in total. The van der Waals surface area contributed by atoms with E-state index in [9.17, 15) is 5.26 Å². The normalized spacial score (nSPS) is 13.9. The molecule has 5 heteroatoms. The summed E-state index contributed by atoms with van der Waals surface area (Å²) in [5.41, 5.74) is 5.57. The Morgan fingerprint density at radius 2 is 2.07 bits per heavy atom. The van der Waals surface area contributed by atoms with Crippen molar-refractivity contribution < 1.29 is 4.74 Å². The molecule has 3 aromatic rings. The number of benzene rings is 1. The Hall–Kier alpha value is -3.23. The summed E-state index contributed by atoms with van der Waals surface area (Å²) < 4.78 is 6.12. The first kappa shape index (κ1) is 18.1. The molecule has 0 amide bonds. The molecule has 4 rings (SSSR count). The van der Waals surface area contributed by atoms with Crippen LogP contribution in [0.25, 0.3) is 11.1 Å². The molecule has 2 aromatic heterocycles. The van der Waals surface area contributed by atoms with Crippen molar-refractivity contribution in [3.63, 3.8) is 0 Å². The van der Waals surface area contributed by atoms with E-state index in [4.69, 9.17) is 4.74 Å². The van der Waals surface area contributed by atoms with E-state index in [1.165, 1.54) is 5.56 Å². The Balaban J connectivity index is 1.68. The minimum absolute atomic E-state index is 0.248. The Bertz CT molecular complexity index is 1010. The minimum atomic E-state index is -0.248. The van der Waals surface area contributed by atoms with Gasteiger partial charge in [0.15, 0.2) is 0 Å². The lowest BCUT2D eigenvalue weighted by molar-refractivity contribution is 0.0527. The zero-order chi connectivity index (χ0) is 19.3. The second kappa shape index (κ2) is 8.20. The highest BCUT2D eigenvalue weighted by molar-refractivity contribution is 5.71. The van der Waals surface area contributed by atoms with Crippen LogP contribution in [0.2, 0.25) is 0 Å². The van der Waals surface area contributed by atoms with Gasteiger partial charge in [0.25, 0.3) is 0 Å². The summed E-state index contributed by atoms with van der Waals surface area (Å²) >= 11 is 0. The van der Waals surface area contributed by atoms with E-state index in [1.54, 1.807) is 12.4 Å². The largest absolute Gasteiger partial charge is 0.370 e. The van der Waals surface area contributed by atoms with Crippen molar-refractivity contribution >= 4 is 5.82 Å². The van der Waals surface area contributed by atoms with Crippen LogP contribution in [0.4, 0.5) is 5.82 Å². The Morgan fingerprint density at radius 1 is 1.21 bits per heavy atom. The van der Waals surface area contributed by atoms with Gasteiger partial charge in [-0.05, 0) is 37.0 Å². The van der Waals surface area contributed by atoms with Crippen LogP contribution in [0, 0.1) is 11.3 Å². The van der Waals surface area contributed by atoms with Crippen molar-refractivity contribution in [3.05, 3.63) is 77.2 Å². The maximum Gasteiger partial charge on any atom is 0.129 e. The van der Waals surface area contributed by atoms with E-state index < -0.39 is 0 Å². The quantitative estimate of drug-likeness (QED) is 0.708. The van der Waals surface area contributed by atoms with Crippen molar-refractivity contribution in [2.75, 3.05) is 11.9 Å². The SMILES string of the molecule is CC(OCc1ccccc1)c1c(C#N)cncc1-c1cnc2c(c1)CCCN2. The highest BCUT2D eigenvalue weighted by atomic mass is 16.5. The van der Waals surface area contributed by atoms with Gasteiger partial charge in [0.05, 0.1) is 18.3 Å². The van der Waals surface area contributed by atoms with Gasteiger partial charge in [0.2, 0.25) is 0 Å². The van der Waals surface area contributed by atoms with E-state index in [-0.39, 0.29) is 6.10 Å². The first-order chi connectivity index (χ1) is 13.8. The monoisotopic (exact) mass is 370 g/mol. The number of nitrogens with zero attached hydrogens (tertiary/aromatic N) is 3. The predicted molar refractivity (Wildman–Crippen MR) is 109 cm³/mol. The van der Waals surface area contributed by atoms with Crippen molar-refractivity contribution in [1.82, 2.24) is 9.97 Å². The summed E-state index contributed by atoms with van der Waals surface area (Å²) in [6.07, 6.45) is 7.11. The average Bonchev–Trinajstić information content (AvgIpc) is 2.77. The lowest BCUT2D eigenvalue weighted by Crippen LogP contribution is -2.13. The molecule has 0 spiro atoms. The first-order valence-electron chi connectivity index (χ1n) is 9.53. The highest BCUT2D eigenvalue weighted by Gasteiger charge is 2.20. The van der Waals surface area contributed by atoms with Crippen LogP contribution in [0.15, 0.2) is 55.0 Å². The second-order valence-corrected chi connectivity index (χ2v) is 6.96. The molecule has 0 bridgehead atoms. The molecule has 1 aromatic carbocycles. The topological polar surface area (TPSA) is 70.8 Å². The summed E-state index contributed by atoms with van der Waals surface area (Å²) in [7, 11) is 0. The van der Waals surface area contributed by atoms with Gasteiger partial charge in [-0.25, -0.2) is 4.98 Å². The van der Waals surface area contributed by atoms with Gasteiger partial charge < -0.3 is 10.1 Å². The van der Waals surface area contributed by atoms with Crippen molar-refractivity contribution in [2.45, 2.75) is 32.5 Å². The summed E-state index contributed by atoms with van der Waals surface area (Å²) in [6, 6.07) is 14.5. The van der Waals surface area contributed by atoms with Crippen molar-refractivity contribution in [1.29, 1.82) is 5.26 Å². The number of hydrogen-bond donors (Lipinski definition) is 1. The van der Waals surface area contributed by atoms with Crippen LogP contribution in [-0.4, -0.2) is 16.5 Å². The van der Waals surface area contributed by atoms with Gasteiger partial charge in [0, 0.05) is 41.8 Å². The Morgan fingerprint density at radius 3 is 2.89 bits per heavy atom. The van der Waals surface area contributed by atoms with Crippen LogP contribution in [0.3, 0.4) is 0 Å². The molecule has 0 saturated heterocycles. The zero-order valence-electron chi connectivity index (χ0n) is 15.9. The van der Waals surface area contributed by atoms with E-state index >= 15 is 0 Å². The standard InChI is InChI=1S/C23H22N4O/c1-16(28-15-17-6-3-2-4-7-17)22-20(11-24)12-25-14-21(22)19-10-18-8-5-9-26-23(18)27-13-19/h2-4,6-7,10,12-14,16H,5,8-9,15H2,1H3,(H,26,27). The fraction of sp³-hybridized carbons (Fsp3) is 0.261. The Kier molecular flexibility index (Phi) is 5.31. The maximum atomic E-state index is 9.64. The summed E-state index contributed by atoms with van der Waals surface area (Å²) in [6.45, 7) is 3.43. The molecule has 1 aliphatic heterocycles. The van der Waals surface area contributed by atoms with Crippen LogP contribution >= 0.6 is 0 Å². The molecule has 0 fully saturated rings. The zero-order valence-corrected chi connectivity index (χ0v) is 15.9. The van der Waals surface area contributed by atoms with Crippen LogP contribution in [0.5, 0.6) is 0 Å². The third-order valence-corrected chi connectivity index (χ3v) is 5.05. The summed E-state index contributed by atoms with van der Waals surface area (Å²) in [5.74, 6) is 0.953. The number of aromatic nitrogens is 2. The van der Waals surface area contributed by atoms with E-state index in [1.807, 2.05) is 43.5 Å². The van der Waals surface area contributed by atoms with E-state index in [0.29, 0.717) is 12.2 Å². The average molecular weight is 370 g/mol. The molecule has 1 atom stereocenters. The molecular weight excluding hydrogens is 348 g/mol. The minimum Gasteiger partial charge on any atom is -0.370 e. The lowest BCUT2D eigenvalue weighted by Gasteiger charge is -2.21. The van der Waals surface area contributed by atoms with Gasteiger partial charge >= 0.3 is 0 Å². The number of anilines is 1.